The first-order valence-corrected chi connectivity index (χ1v) is 15.5. The van der Waals surface area contributed by atoms with Gasteiger partial charge in [-0.3, -0.25) is 14.3 Å². The molecule has 4 aliphatic rings. The standard InChI is InChI=1S/C30H35N5O4S/c1-34-25-19-31-24-7-6-20(16-22(24)26(25)29(28(34)36)8-4-9-29)21-17-23(30(10-11-30)33-40(37)38)27(32-18-21)39-15-5-14-35-12-2-3-13-35/h6-7,16-19,33H,2-5,8-15H2,1H3,(H,37,38). The molecule has 10 heteroatoms. The van der Waals surface area contributed by atoms with Crippen LogP contribution in [0.25, 0.3) is 22.0 Å². The van der Waals surface area contributed by atoms with Crippen LogP contribution in [0, 0.1) is 0 Å². The third kappa shape index (κ3) is 4.24. The van der Waals surface area contributed by atoms with Crippen molar-refractivity contribution in [2.24, 2.45) is 0 Å². The van der Waals surface area contributed by atoms with Crippen molar-refractivity contribution in [3.8, 4) is 17.0 Å². The van der Waals surface area contributed by atoms with Gasteiger partial charge in [-0.05, 0) is 81.8 Å². The number of likely N-dealkylation sites (N-methyl/N-ethyl adjacent to an activating group) is 1. The molecule has 9 nitrogen and oxygen atoms in total. The zero-order valence-corrected chi connectivity index (χ0v) is 23.6. The van der Waals surface area contributed by atoms with Crippen LogP contribution < -0.4 is 14.4 Å². The molecular weight excluding hydrogens is 526 g/mol. The molecule has 1 unspecified atom stereocenters. The van der Waals surface area contributed by atoms with Crippen LogP contribution in [0.3, 0.4) is 0 Å². The van der Waals surface area contributed by atoms with E-state index in [-0.39, 0.29) is 5.91 Å². The monoisotopic (exact) mass is 561 g/mol. The number of likely N-dealkylation sites (tertiary alicyclic amines) is 1. The fraction of sp³-hybridized carbons (Fsp3) is 0.500. The van der Waals surface area contributed by atoms with Gasteiger partial charge in [0.05, 0.1) is 35.0 Å². The van der Waals surface area contributed by atoms with E-state index >= 15 is 0 Å². The molecule has 1 saturated heterocycles. The minimum absolute atomic E-state index is 0.169. The number of carbonyl (C=O) groups is 1. The normalized spacial score (nSPS) is 21.6. The Bertz CT molecular complexity index is 1510. The third-order valence-electron chi connectivity index (χ3n) is 9.40. The average molecular weight is 562 g/mol. The molecule has 4 heterocycles. The van der Waals surface area contributed by atoms with E-state index in [0.717, 1.165) is 97.0 Å². The summed E-state index contributed by atoms with van der Waals surface area (Å²) in [4.78, 5) is 26.9. The number of benzene rings is 1. The molecular formula is C30H35N5O4S. The van der Waals surface area contributed by atoms with Crippen molar-refractivity contribution in [1.82, 2.24) is 19.6 Å². The molecule has 0 radical (unpaired) electrons. The van der Waals surface area contributed by atoms with E-state index in [4.69, 9.17) is 9.72 Å². The van der Waals surface area contributed by atoms with E-state index in [1.54, 1.807) is 4.90 Å². The summed E-state index contributed by atoms with van der Waals surface area (Å²) in [5.41, 5.74) is 4.49. The van der Waals surface area contributed by atoms with E-state index < -0.39 is 22.2 Å². The highest BCUT2D eigenvalue weighted by Crippen LogP contribution is 2.55. The Morgan fingerprint density at radius 3 is 2.55 bits per heavy atom. The van der Waals surface area contributed by atoms with Crippen molar-refractivity contribution in [1.29, 1.82) is 0 Å². The van der Waals surface area contributed by atoms with Gasteiger partial charge in [0.2, 0.25) is 23.1 Å². The summed E-state index contributed by atoms with van der Waals surface area (Å²) >= 11 is -2.16. The number of ether oxygens (including phenoxy) is 1. The van der Waals surface area contributed by atoms with Gasteiger partial charge >= 0.3 is 0 Å². The van der Waals surface area contributed by atoms with E-state index in [9.17, 15) is 13.6 Å². The number of hydrogen-bond donors (Lipinski definition) is 2. The number of pyridine rings is 2. The lowest BCUT2D eigenvalue weighted by Crippen LogP contribution is -2.43. The molecule has 0 bridgehead atoms. The van der Waals surface area contributed by atoms with Gasteiger partial charge in [-0.15, -0.1) is 0 Å². The first kappa shape index (κ1) is 26.0. The summed E-state index contributed by atoms with van der Waals surface area (Å²) in [6, 6.07) is 8.22. The molecule has 1 atom stereocenters. The molecule has 2 N–H and O–H groups in total. The Balaban J connectivity index is 1.24. The smallest absolute Gasteiger partial charge is 0.237 e. The number of hydrogen-bond acceptors (Lipinski definition) is 6. The second-order valence-electron chi connectivity index (χ2n) is 11.8. The van der Waals surface area contributed by atoms with Crippen molar-refractivity contribution in [2.75, 3.05) is 38.2 Å². The van der Waals surface area contributed by atoms with Gasteiger partial charge in [0.1, 0.15) is 0 Å². The summed E-state index contributed by atoms with van der Waals surface area (Å²) < 4.78 is 30.5. The maximum Gasteiger partial charge on any atom is 0.237 e. The minimum Gasteiger partial charge on any atom is -0.477 e. The topological polar surface area (TPSA) is 108 Å². The van der Waals surface area contributed by atoms with Crippen LogP contribution in [0.4, 0.5) is 5.69 Å². The molecule has 1 amide bonds. The lowest BCUT2D eigenvalue weighted by Gasteiger charge is -2.37. The van der Waals surface area contributed by atoms with Crippen molar-refractivity contribution in [2.45, 2.75) is 62.3 Å². The highest BCUT2D eigenvalue weighted by Gasteiger charge is 2.54. The summed E-state index contributed by atoms with van der Waals surface area (Å²) in [6.45, 7) is 3.87. The number of anilines is 1. The predicted octanol–water partition coefficient (Wildman–Crippen LogP) is 4.28. The van der Waals surface area contributed by atoms with Crippen molar-refractivity contribution in [3.63, 3.8) is 0 Å². The number of carbonyl (C=O) groups excluding carboxylic acids is 1. The SMILES string of the molecule is CN1C(=O)C2(CCC2)c2c1cnc1ccc(-c3cnc(OCCCN4CCCC4)c(C4(NS(=O)O)CC4)c3)cc21. The Labute approximate surface area is 236 Å². The number of fused-ring (bicyclic) bond motifs is 4. The fourth-order valence-corrected chi connectivity index (χ4v) is 7.55. The van der Waals surface area contributed by atoms with Crippen LogP contribution in [-0.4, -0.2) is 62.8 Å². The van der Waals surface area contributed by atoms with Crippen molar-refractivity contribution < 1.29 is 18.3 Å². The zero-order chi connectivity index (χ0) is 27.5. The lowest BCUT2D eigenvalue weighted by atomic mass is 9.64. The summed E-state index contributed by atoms with van der Waals surface area (Å²) in [5, 5.41) is 1.01. The summed E-state index contributed by atoms with van der Waals surface area (Å²) in [6.07, 6.45) is 11.4. The first-order valence-electron chi connectivity index (χ1n) is 14.4. The zero-order valence-electron chi connectivity index (χ0n) is 22.8. The molecule has 1 spiro atoms. The van der Waals surface area contributed by atoms with Gasteiger partial charge < -0.3 is 14.5 Å². The van der Waals surface area contributed by atoms with Gasteiger partial charge in [-0.1, -0.05) is 12.5 Å². The van der Waals surface area contributed by atoms with Crippen LogP contribution in [0.15, 0.2) is 36.7 Å². The molecule has 40 heavy (non-hydrogen) atoms. The Hall–Kier alpha value is -2.92. The third-order valence-corrected chi connectivity index (χ3v) is 9.96. The van der Waals surface area contributed by atoms with Crippen LogP contribution in [0.2, 0.25) is 0 Å². The molecule has 3 fully saturated rings. The predicted molar refractivity (Wildman–Crippen MR) is 155 cm³/mol. The van der Waals surface area contributed by atoms with Crippen molar-refractivity contribution in [3.05, 3.63) is 47.8 Å². The number of rotatable bonds is 9. The maximum atomic E-state index is 13.3. The molecule has 3 aromatic rings. The van der Waals surface area contributed by atoms with Crippen LogP contribution in [0.1, 0.15) is 62.5 Å². The second kappa shape index (κ2) is 9.87. The molecule has 7 rings (SSSR count). The van der Waals surface area contributed by atoms with E-state index in [0.29, 0.717) is 12.5 Å². The molecule has 2 aliphatic carbocycles. The molecule has 1 aromatic carbocycles. The average Bonchev–Trinajstić information content (AvgIpc) is 3.41. The highest BCUT2D eigenvalue weighted by molar-refractivity contribution is 7.77. The van der Waals surface area contributed by atoms with E-state index in [1.165, 1.54) is 12.8 Å². The molecule has 2 aromatic heterocycles. The quantitative estimate of drug-likeness (QED) is 0.297. The fourth-order valence-electron chi connectivity index (χ4n) is 6.90. The van der Waals surface area contributed by atoms with E-state index in [2.05, 4.69) is 20.7 Å². The lowest BCUT2D eigenvalue weighted by molar-refractivity contribution is -0.125. The number of aromatic nitrogens is 2. The van der Waals surface area contributed by atoms with Gasteiger partial charge in [-0.25, -0.2) is 13.9 Å². The van der Waals surface area contributed by atoms with Gasteiger partial charge in [0.15, 0.2) is 0 Å². The number of nitrogens with one attached hydrogen (secondary N) is 1. The minimum atomic E-state index is -2.16. The van der Waals surface area contributed by atoms with E-state index in [1.807, 2.05) is 37.6 Å². The van der Waals surface area contributed by atoms with Gasteiger partial charge in [0.25, 0.3) is 0 Å². The maximum absolute atomic E-state index is 13.3. The number of amides is 1. The number of nitrogens with zero attached hydrogens (tertiary/aromatic N) is 4. The largest absolute Gasteiger partial charge is 0.477 e. The van der Waals surface area contributed by atoms with Crippen LogP contribution in [-0.2, 0) is 27.0 Å². The van der Waals surface area contributed by atoms with Gasteiger partial charge in [0, 0.05) is 41.9 Å². The van der Waals surface area contributed by atoms with Gasteiger partial charge in [-0.2, -0.15) is 0 Å². The summed E-state index contributed by atoms with van der Waals surface area (Å²) in [7, 11) is 1.85. The second-order valence-corrected chi connectivity index (χ2v) is 12.5. The Kier molecular flexibility index (Phi) is 6.42. The Morgan fingerprint density at radius 2 is 1.85 bits per heavy atom. The van der Waals surface area contributed by atoms with Crippen LogP contribution >= 0.6 is 0 Å². The highest BCUT2D eigenvalue weighted by atomic mass is 32.2. The summed E-state index contributed by atoms with van der Waals surface area (Å²) in [5.74, 6) is 0.687. The molecule has 2 saturated carbocycles. The Morgan fingerprint density at radius 1 is 1.05 bits per heavy atom. The van der Waals surface area contributed by atoms with Crippen LogP contribution in [0.5, 0.6) is 5.88 Å². The molecule has 2 aliphatic heterocycles. The first-order chi connectivity index (χ1) is 19.4. The molecule has 210 valence electrons. The van der Waals surface area contributed by atoms with Crippen molar-refractivity contribution >= 4 is 33.8 Å².